The second-order valence-electron chi connectivity index (χ2n) is 7.05. The third-order valence-electron chi connectivity index (χ3n) is 5.28. The lowest BCUT2D eigenvalue weighted by Gasteiger charge is -2.23. The van der Waals surface area contributed by atoms with Crippen LogP contribution in [0.4, 0.5) is 5.69 Å². The van der Waals surface area contributed by atoms with Crippen molar-refractivity contribution in [2.24, 2.45) is 11.3 Å². The van der Waals surface area contributed by atoms with Gasteiger partial charge in [0.05, 0.1) is 0 Å². The Balaban J connectivity index is 0.00000176. The SMILES string of the molecule is Cc1cccc(C(C)C)c1NC(=O)C1CC12CCNCC2.Cl. The smallest absolute Gasteiger partial charge is 0.228 e. The quantitative estimate of drug-likeness (QED) is 0.887. The number of benzene rings is 1. The molecule has 1 unspecified atom stereocenters. The number of piperidine rings is 1. The maximum atomic E-state index is 12.6. The number of amides is 1. The Labute approximate surface area is 139 Å². The summed E-state index contributed by atoms with van der Waals surface area (Å²) in [5.41, 5.74) is 3.74. The maximum absolute atomic E-state index is 12.6. The first-order valence-electron chi connectivity index (χ1n) is 8.14. The first-order valence-corrected chi connectivity index (χ1v) is 8.14. The van der Waals surface area contributed by atoms with E-state index < -0.39 is 0 Å². The maximum Gasteiger partial charge on any atom is 0.228 e. The molecule has 3 rings (SSSR count). The van der Waals surface area contributed by atoms with E-state index in [1.807, 2.05) is 0 Å². The van der Waals surface area contributed by atoms with Gasteiger partial charge in [0, 0.05) is 11.6 Å². The van der Waals surface area contributed by atoms with Gasteiger partial charge in [-0.2, -0.15) is 0 Å². The lowest BCUT2D eigenvalue weighted by Crippen LogP contribution is -2.31. The Morgan fingerprint density at radius 1 is 1.32 bits per heavy atom. The highest BCUT2D eigenvalue weighted by Gasteiger charge is 2.57. The molecule has 1 amide bonds. The molecule has 1 saturated carbocycles. The fourth-order valence-electron chi connectivity index (χ4n) is 3.75. The Morgan fingerprint density at radius 3 is 2.64 bits per heavy atom. The summed E-state index contributed by atoms with van der Waals surface area (Å²) in [7, 11) is 0. The van der Waals surface area contributed by atoms with E-state index in [-0.39, 0.29) is 24.2 Å². The average molecular weight is 323 g/mol. The molecule has 2 N–H and O–H groups in total. The zero-order chi connectivity index (χ0) is 15.0. The molecule has 3 nitrogen and oxygen atoms in total. The predicted molar refractivity (Wildman–Crippen MR) is 93.8 cm³/mol. The van der Waals surface area contributed by atoms with E-state index >= 15 is 0 Å². The molecule has 2 aliphatic rings. The summed E-state index contributed by atoms with van der Waals surface area (Å²) < 4.78 is 0. The molecule has 0 aromatic heterocycles. The molecule has 1 spiro atoms. The average Bonchev–Trinajstić information content (AvgIpc) is 3.15. The van der Waals surface area contributed by atoms with Crippen LogP contribution in [0.5, 0.6) is 0 Å². The van der Waals surface area contributed by atoms with Gasteiger partial charge in [0.25, 0.3) is 0 Å². The highest BCUT2D eigenvalue weighted by Crippen LogP contribution is 2.58. The van der Waals surface area contributed by atoms with Crippen molar-refractivity contribution in [1.29, 1.82) is 0 Å². The minimum Gasteiger partial charge on any atom is -0.325 e. The van der Waals surface area contributed by atoms with Gasteiger partial charge in [-0.1, -0.05) is 32.0 Å². The fraction of sp³-hybridized carbons (Fsp3) is 0.611. The molecule has 1 aliphatic heterocycles. The monoisotopic (exact) mass is 322 g/mol. The van der Waals surface area contributed by atoms with Crippen LogP contribution in [0.25, 0.3) is 0 Å². The summed E-state index contributed by atoms with van der Waals surface area (Å²) in [6.45, 7) is 8.55. The molecule has 1 atom stereocenters. The zero-order valence-electron chi connectivity index (χ0n) is 13.7. The summed E-state index contributed by atoms with van der Waals surface area (Å²) >= 11 is 0. The highest BCUT2D eigenvalue weighted by atomic mass is 35.5. The molecule has 0 bridgehead atoms. The number of hydrogen-bond acceptors (Lipinski definition) is 2. The lowest BCUT2D eigenvalue weighted by atomic mass is 9.91. The normalized spacial score (nSPS) is 22.3. The molecule has 1 aliphatic carbocycles. The van der Waals surface area contributed by atoms with Gasteiger partial charge in [-0.05, 0) is 61.7 Å². The van der Waals surface area contributed by atoms with E-state index in [1.54, 1.807) is 0 Å². The summed E-state index contributed by atoms with van der Waals surface area (Å²) in [6.07, 6.45) is 3.37. The number of carbonyl (C=O) groups excluding carboxylic acids is 1. The Bertz CT molecular complexity index is 550. The molecular formula is C18H27ClN2O. The third kappa shape index (κ3) is 3.16. The topological polar surface area (TPSA) is 41.1 Å². The second kappa shape index (κ2) is 6.59. The van der Waals surface area contributed by atoms with Crippen molar-refractivity contribution in [3.05, 3.63) is 29.3 Å². The first kappa shape index (κ1) is 17.3. The van der Waals surface area contributed by atoms with Gasteiger partial charge in [0.1, 0.15) is 0 Å². The van der Waals surface area contributed by atoms with Crippen molar-refractivity contribution in [2.45, 2.75) is 46.0 Å². The number of hydrogen-bond donors (Lipinski definition) is 2. The molecule has 1 saturated heterocycles. The number of aryl methyl sites for hydroxylation is 1. The van der Waals surface area contributed by atoms with E-state index in [9.17, 15) is 4.79 Å². The third-order valence-corrected chi connectivity index (χ3v) is 5.28. The van der Waals surface area contributed by atoms with E-state index in [2.05, 4.69) is 49.6 Å². The summed E-state index contributed by atoms with van der Waals surface area (Å²) in [4.78, 5) is 12.6. The number of anilines is 1. The number of para-hydroxylation sites is 1. The van der Waals surface area contributed by atoms with Crippen LogP contribution in [0.2, 0.25) is 0 Å². The van der Waals surface area contributed by atoms with Crippen LogP contribution in [-0.4, -0.2) is 19.0 Å². The van der Waals surface area contributed by atoms with E-state index in [0.29, 0.717) is 11.3 Å². The van der Waals surface area contributed by atoms with Crippen LogP contribution in [0.1, 0.15) is 50.2 Å². The van der Waals surface area contributed by atoms with Crippen LogP contribution in [-0.2, 0) is 4.79 Å². The van der Waals surface area contributed by atoms with Crippen molar-refractivity contribution in [1.82, 2.24) is 5.32 Å². The number of rotatable bonds is 3. The zero-order valence-corrected chi connectivity index (χ0v) is 14.6. The second-order valence-corrected chi connectivity index (χ2v) is 7.05. The summed E-state index contributed by atoms with van der Waals surface area (Å²) in [5.74, 6) is 0.875. The van der Waals surface area contributed by atoms with Gasteiger partial charge in [-0.3, -0.25) is 4.79 Å². The minimum atomic E-state index is 0. The van der Waals surface area contributed by atoms with Crippen LogP contribution < -0.4 is 10.6 Å². The summed E-state index contributed by atoms with van der Waals surface area (Å²) in [6, 6.07) is 6.28. The minimum absolute atomic E-state index is 0. The van der Waals surface area contributed by atoms with Crippen molar-refractivity contribution < 1.29 is 4.79 Å². The number of carbonyl (C=O) groups is 1. The van der Waals surface area contributed by atoms with Crippen LogP contribution in [0.15, 0.2) is 18.2 Å². The van der Waals surface area contributed by atoms with Crippen LogP contribution >= 0.6 is 12.4 Å². The van der Waals surface area contributed by atoms with Gasteiger partial charge in [-0.15, -0.1) is 12.4 Å². The van der Waals surface area contributed by atoms with Crippen molar-refractivity contribution in [2.75, 3.05) is 18.4 Å². The molecule has 0 radical (unpaired) electrons. The molecule has 122 valence electrons. The van der Waals surface area contributed by atoms with Gasteiger partial charge < -0.3 is 10.6 Å². The van der Waals surface area contributed by atoms with Crippen molar-refractivity contribution in [3.63, 3.8) is 0 Å². The number of nitrogens with one attached hydrogen (secondary N) is 2. The Hall–Kier alpha value is -1.06. The van der Waals surface area contributed by atoms with Crippen molar-refractivity contribution in [3.8, 4) is 0 Å². The van der Waals surface area contributed by atoms with Gasteiger partial charge in [-0.25, -0.2) is 0 Å². The van der Waals surface area contributed by atoms with Gasteiger partial charge in [0.2, 0.25) is 5.91 Å². The van der Waals surface area contributed by atoms with Gasteiger partial charge in [0.15, 0.2) is 0 Å². The molecule has 1 aromatic rings. The van der Waals surface area contributed by atoms with E-state index in [1.165, 1.54) is 5.56 Å². The lowest BCUT2D eigenvalue weighted by molar-refractivity contribution is -0.118. The van der Waals surface area contributed by atoms with Crippen LogP contribution in [0.3, 0.4) is 0 Å². The Kier molecular flexibility index (Phi) is 5.18. The van der Waals surface area contributed by atoms with Gasteiger partial charge >= 0.3 is 0 Å². The largest absolute Gasteiger partial charge is 0.325 e. The van der Waals surface area contributed by atoms with E-state index in [4.69, 9.17) is 0 Å². The summed E-state index contributed by atoms with van der Waals surface area (Å²) in [5, 5.41) is 6.63. The molecule has 2 fully saturated rings. The van der Waals surface area contributed by atoms with Crippen molar-refractivity contribution >= 4 is 24.0 Å². The molecule has 1 heterocycles. The molecular weight excluding hydrogens is 296 g/mol. The van der Waals surface area contributed by atoms with E-state index in [0.717, 1.165) is 43.6 Å². The number of halogens is 1. The standard InChI is InChI=1S/C18H26N2O.ClH/c1-12(2)14-6-4-5-13(3)16(14)20-17(21)15-11-18(15)7-9-19-10-8-18;/h4-6,12,15,19H,7-11H2,1-3H3,(H,20,21);1H. The fourth-order valence-corrected chi connectivity index (χ4v) is 3.75. The highest BCUT2D eigenvalue weighted by molar-refractivity contribution is 5.96. The van der Waals surface area contributed by atoms with Crippen LogP contribution in [0, 0.1) is 18.3 Å². The predicted octanol–water partition coefficient (Wildman–Crippen LogP) is 3.87. The Morgan fingerprint density at radius 2 is 2.00 bits per heavy atom. The molecule has 22 heavy (non-hydrogen) atoms. The molecule has 1 aromatic carbocycles. The molecule has 4 heteroatoms. The first-order chi connectivity index (χ1) is 10.0.